The minimum atomic E-state index is -1.29. The number of halogens is 1. The van der Waals surface area contributed by atoms with Gasteiger partial charge in [0.15, 0.2) is 0 Å². The van der Waals surface area contributed by atoms with Crippen molar-refractivity contribution in [3.8, 4) is 0 Å². The van der Waals surface area contributed by atoms with Gasteiger partial charge >= 0.3 is 0 Å². The molecule has 1 aromatic heterocycles. The third-order valence-electron chi connectivity index (χ3n) is 2.79. The number of hydrogen-bond donors (Lipinski definition) is 2. The van der Waals surface area contributed by atoms with Crippen molar-refractivity contribution >= 4 is 5.69 Å². The first-order chi connectivity index (χ1) is 8.01. The fourth-order valence-corrected chi connectivity index (χ4v) is 1.74. The van der Waals surface area contributed by atoms with Gasteiger partial charge in [0, 0.05) is 23.6 Å². The second-order valence-corrected chi connectivity index (χ2v) is 4.04. The molecule has 0 aliphatic heterocycles. The number of nitrogen functional groups attached to an aromatic ring is 1. The molecule has 1 unspecified atom stereocenters. The van der Waals surface area contributed by atoms with Crippen LogP contribution in [0.5, 0.6) is 0 Å². The van der Waals surface area contributed by atoms with Crippen LogP contribution < -0.4 is 5.73 Å². The van der Waals surface area contributed by atoms with E-state index in [1.54, 1.807) is 19.2 Å². The van der Waals surface area contributed by atoms with Crippen LogP contribution >= 0.6 is 0 Å². The summed E-state index contributed by atoms with van der Waals surface area (Å²) >= 11 is 0. The highest BCUT2D eigenvalue weighted by Crippen LogP contribution is 2.31. The molecule has 3 N–H and O–H groups in total. The van der Waals surface area contributed by atoms with Gasteiger partial charge in [0.05, 0.1) is 0 Å². The summed E-state index contributed by atoms with van der Waals surface area (Å²) in [5.74, 6) is -0.344. The van der Waals surface area contributed by atoms with Gasteiger partial charge in [0.2, 0.25) is 0 Å². The molecule has 4 heteroatoms. The van der Waals surface area contributed by atoms with E-state index in [2.05, 4.69) is 4.98 Å². The van der Waals surface area contributed by atoms with Crippen LogP contribution in [0.15, 0.2) is 42.7 Å². The number of rotatable bonds is 2. The van der Waals surface area contributed by atoms with Crippen molar-refractivity contribution in [2.24, 2.45) is 0 Å². The summed E-state index contributed by atoms with van der Waals surface area (Å²) in [6.45, 7) is 1.60. The summed E-state index contributed by atoms with van der Waals surface area (Å²) < 4.78 is 12.8. The number of benzene rings is 1. The van der Waals surface area contributed by atoms with Crippen molar-refractivity contribution in [2.75, 3.05) is 5.73 Å². The molecule has 0 saturated heterocycles. The van der Waals surface area contributed by atoms with Crippen molar-refractivity contribution in [3.63, 3.8) is 0 Å². The summed E-state index contributed by atoms with van der Waals surface area (Å²) in [7, 11) is 0. The lowest BCUT2D eigenvalue weighted by Gasteiger charge is -2.25. The molecule has 0 aliphatic carbocycles. The zero-order valence-electron chi connectivity index (χ0n) is 9.39. The normalized spacial score (nSPS) is 14.3. The molecule has 0 bridgehead atoms. The molecule has 88 valence electrons. The number of aliphatic hydroxyl groups is 1. The van der Waals surface area contributed by atoms with E-state index in [4.69, 9.17) is 5.73 Å². The van der Waals surface area contributed by atoms with Crippen LogP contribution in [0.2, 0.25) is 0 Å². The summed E-state index contributed by atoms with van der Waals surface area (Å²) in [6, 6.07) is 7.28. The predicted molar refractivity (Wildman–Crippen MR) is 63.7 cm³/mol. The van der Waals surface area contributed by atoms with E-state index in [0.29, 0.717) is 16.8 Å². The Morgan fingerprint density at radius 3 is 2.47 bits per heavy atom. The second kappa shape index (κ2) is 4.14. The average molecular weight is 232 g/mol. The number of nitrogens with zero attached hydrogens (tertiary/aromatic N) is 1. The highest BCUT2D eigenvalue weighted by molar-refractivity contribution is 5.51. The summed E-state index contributed by atoms with van der Waals surface area (Å²) in [5, 5.41) is 10.5. The topological polar surface area (TPSA) is 59.1 Å². The summed E-state index contributed by atoms with van der Waals surface area (Å²) in [5.41, 5.74) is 6.04. The van der Waals surface area contributed by atoms with E-state index in [1.165, 1.54) is 30.5 Å². The zero-order valence-corrected chi connectivity index (χ0v) is 9.39. The third kappa shape index (κ3) is 2.12. The Morgan fingerprint density at radius 2 is 1.88 bits per heavy atom. The molecule has 0 fully saturated rings. The average Bonchev–Trinajstić information content (AvgIpc) is 2.30. The highest BCUT2D eigenvalue weighted by Gasteiger charge is 2.27. The van der Waals surface area contributed by atoms with Crippen LogP contribution in [0.4, 0.5) is 10.1 Å². The molecule has 2 aromatic rings. The molecule has 0 radical (unpaired) electrons. The maximum Gasteiger partial charge on any atom is 0.123 e. The Labute approximate surface area is 98.7 Å². The van der Waals surface area contributed by atoms with E-state index in [0.717, 1.165) is 0 Å². The van der Waals surface area contributed by atoms with Gasteiger partial charge in [0.1, 0.15) is 11.4 Å². The Hall–Kier alpha value is -1.94. The number of anilines is 1. The lowest BCUT2D eigenvalue weighted by atomic mass is 9.88. The second-order valence-electron chi connectivity index (χ2n) is 4.04. The monoisotopic (exact) mass is 232 g/mol. The number of nitrogens with two attached hydrogens (primary N) is 1. The maximum absolute atomic E-state index is 12.8. The molecule has 0 amide bonds. The van der Waals surface area contributed by atoms with E-state index in [-0.39, 0.29) is 5.82 Å². The molecular formula is C13H13FN2O. The van der Waals surface area contributed by atoms with E-state index < -0.39 is 5.60 Å². The Kier molecular flexibility index (Phi) is 2.81. The van der Waals surface area contributed by atoms with Crippen LogP contribution in [0.3, 0.4) is 0 Å². The van der Waals surface area contributed by atoms with Gasteiger partial charge in [-0.25, -0.2) is 4.39 Å². The van der Waals surface area contributed by atoms with Gasteiger partial charge in [-0.2, -0.15) is 0 Å². The first-order valence-corrected chi connectivity index (χ1v) is 5.20. The summed E-state index contributed by atoms with van der Waals surface area (Å²) in [4.78, 5) is 3.94. The van der Waals surface area contributed by atoms with Gasteiger partial charge in [-0.05, 0) is 30.7 Å². The Morgan fingerprint density at radius 1 is 1.24 bits per heavy atom. The zero-order chi connectivity index (χ0) is 12.5. The molecule has 0 spiro atoms. The van der Waals surface area contributed by atoms with Gasteiger partial charge < -0.3 is 10.8 Å². The van der Waals surface area contributed by atoms with E-state index in [9.17, 15) is 9.50 Å². The molecule has 3 nitrogen and oxygen atoms in total. The minimum absolute atomic E-state index is 0.344. The van der Waals surface area contributed by atoms with Crippen LogP contribution in [0, 0.1) is 5.82 Å². The lowest BCUT2D eigenvalue weighted by molar-refractivity contribution is 0.103. The van der Waals surface area contributed by atoms with Crippen LogP contribution in [0.1, 0.15) is 18.1 Å². The minimum Gasteiger partial charge on any atom is -0.398 e. The first kappa shape index (κ1) is 11.5. The largest absolute Gasteiger partial charge is 0.398 e. The number of aromatic nitrogens is 1. The van der Waals surface area contributed by atoms with Crippen molar-refractivity contribution in [3.05, 3.63) is 59.7 Å². The molecule has 1 heterocycles. The molecule has 1 atom stereocenters. The Bertz CT molecular complexity index is 523. The van der Waals surface area contributed by atoms with Crippen LogP contribution in [0.25, 0.3) is 0 Å². The van der Waals surface area contributed by atoms with Crippen molar-refractivity contribution in [1.82, 2.24) is 4.98 Å². The molecule has 1 aromatic carbocycles. The van der Waals surface area contributed by atoms with Crippen molar-refractivity contribution < 1.29 is 9.50 Å². The smallest absolute Gasteiger partial charge is 0.123 e. The summed E-state index contributed by atoms with van der Waals surface area (Å²) in [6.07, 6.45) is 3.07. The molecule has 17 heavy (non-hydrogen) atoms. The quantitative estimate of drug-likeness (QED) is 0.833. The molecular weight excluding hydrogens is 219 g/mol. The van der Waals surface area contributed by atoms with Crippen LogP contribution in [-0.2, 0) is 5.60 Å². The Balaban J connectivity index is 2.49. The highest BCUT2D eigenvalue weighted by atomic mass is 19.1. The third-order valence-corrected chi connectivity index (χ3v) is 2.79. The van der Waals surface area contributed by atoms with Gasteiger partial charge in [-0.3, -0.25) is 4.98 Å². The van der Waals surface area contributed by atoms with E-state index in [1.807, 2.05) is 0 Å². The SMILES string of the molecule is CC(O)(c1ccc(F)cc1)c1cnccc1N. The van der Waals surface area contributed by atoms with Crippen molar-refractivity contribution in [2.45, 2.75) is 12.5 Å². The van der Waals surface area contributed by atoms with Gasteiger partial charge in [-0.15, -0.1) is 0 Å². The molecule has 2 rings (SSSR count). The van der Waals surface area contributed by atoms with Gasteiger partial charge in [0.25, 0.3) is 0 Å². The predicted octanol–water partition coefficient (Wildman–Crippen LogP) is 2.06. The van der Waals surface area contributed by atoms with Crippen LogP contribution in [-0.4, -0.2) is 10.1 Å². The fraction of sp³-hybridized carbons (Fsp3) is 0.154. The number of pyridine rings is 1. The van der Waals surface area contributed by atoms with Crippen molar-refractivity contribution in [1.29, 1.82) is 0 Å². The molecule has 0 saturated carbocycles. The maximum atomic E-state index is 12.8. The standard InChI is InChI=1S/C13H13FN2O/c1-13(17,9-2-4-10(14)5-3-9)11-8-16-7-6-12(11)15/h2-8,17H,1H3,(H2,15,16). The van der Waals surface area contributed by atoms with Gasteiger partial charge in [-0.1, -0.05) is 12.1 Å². The fourth-order valence-electron chi connectivity index (χ4n) is 1.74. The number of hydrogen-bond acceptors (Lipinski definition) is 3. The van der Waals surface area contributed by atoms with E-state index >= 15 is 0 Å². The first-order valence-electron chi connectivity index (χ1n) is 5.20. The lowest BCUT2D eigenvalue weighted by Crippen LogP contribution is -2.24. The molecule has 0 aliphatic rings.